The van der Waals surface area contributed by atoms with E-state index >= 15 is 0 Å². The minimum atomic E-state index is -0.483. The molecule has 1 nitrogen and oxygen atoms in total. The maximum atomic E-state index is 13.1. The fourth-order valence-electron chi connectivity index (χ4n) is 0.794. The monoisotopic (exact) mass is 328 g/mol. The average Bonchev–Trinajstić information content (AvgIpc) is 2.12. The molecule has 0 spiro atoms. The van der Waals surface area contributed by atoms with Crippen LogP contribution in [0.3, 0.4) is 0 Å². The lowest BCUT2D eigenvalue weighted by Gasteiger charge is -2.01. The predicted molar refractivity (Wildman–Crippen MR) is 56.9 cm³/mol. The first kappa shape index (κ1) is 11.1. The lowest BCUT2D eigenvalue weighted by molar-refractivity contribution is 0.102. The Kier molecular flexibility index (Phi) is 3.88. The Morgan fingerprint density at radius 2 is 2.08 bits per heavy atom. The van der Waals surface area contributed by atoms with E-state index in [0.29, 0.717) is 8.95 Å². The zero-order valence-corrected chi connectivity index (χ0v) is 10.2. The second-order valence-electron chi connectivity index (χ2n) is 2.31. The van der Waals surface area contributed by atoms with Crippen LogP contribution in [-0.4, -0.2) is 11.7 Å². The molecule has 1 aromatic carbocycles. The van der Waals surface area contributed by atoms with E-state index in [0.717, 1.165) is 6.07 Å². The number of alkyl halides is 1. The van der Waals surface area contributed by atoms with Crippen molar-refractivity contribution in [1.82, 2.24) is 0 Å². The van der Waals surface area contributed by atoms with Crippen molar-refractivity contribution in [3.05, 3.63) is 32.5 Å². The number of hydrogen-bond acceptors (Lipinski definition) is 1. The van der Waals surface area contributed by atoms with Gasteiger partial charge in [0.2, 0.25) is 0 Å². The predicted octanol–water partition coefficient (Wildman–Crippen LogP) is 3.77. The minimum absolute atomic E-state index is 0.145. The van der Waals surface area contributed by atoms with Crippen LogP contribution in [0.25, 0.3) is 0 Å². The Labute approximate surface area is 96.5 Å². The third kappa shape index (κ3) is 2.51. The van der Waals surface area contributed by atoms with Crippen molar-refractivity contribution in [1.29, 1.82) is 0 Å². The van der Waals surface area contributed by atoms with Crippen LogP contribution in [0, 0.1) is 5.82 Å². The summed E-state index contributed by atoms with van der Waals surface area (Å²) < 4.78 is 13.9. The summed E-state index contributed by atoms with van der Waals surface area (Å²) in [5.74, 6) is -0.926. The first-order valence-corrected chi connectivity index (χ1v) is 5.42. The summed E-state index contributed by atoms with van der Waals surface area (Å²) in [6.45, 7) is 0. The van der Waals surface area contributed by atoms with Crippen LogP contribution in [-0.2, 0) is 0 Å². The van der Waals surface area contributed by atoms with Gasteiger partial charge >= 0.3 is 0 Å². The van der Waals surface area contributed by atoms with Gasteiger partial charge in [0.15, 0.2) is 5.78 Å². The quantitative estimate of drug-likeness (QED) is 0.458. The molecule has 0 heterocycles. The van der Waals surface area contributed by atoms with Crippen molar-refractivity contribution >= 4 is 49.2 Å². The Hall–Kier alpha value is 0.0700. The average molecular weight is 330 g/mol. The van der Waals surface area contributed by atoms with E-state index in [4.69, 9.17) is 11.6 Å². The smallest absolute Gasteiger partial charge is 0.177 e. The largest absolute Gasteiger partial charge is 0.293 e. The summed E-state index contributed by atoms with van der Waals surface area (Å²) in [7, 11) is 0. The van der Waals surface area contributed by atoms with Crippen LogP contribution in [0.4, 0.5) is 4.39 Å². The molecule has 0 aliphatic rings. The van der Waals surface area contributed by atoms with Gasteiger partial charge in [-0.2, -0.15) is 0 Å². The molecule has 0 saturated carbocycles. The number of carbonyl (C=O) groups is 1. The van der Waals surface area contributed by atoms with Crippen LogP contribution >= 0.6 is 43.5 Å². The van der Waals surface area contributed by atoms with Gasteiger partial charge < -0.3 is 0 Å². The van der Waals surface area contributed by atoms with E-state index < -0.39 is 5.82 Å². The second kappa shape index (κ2) is 4.53. The fourth-order valence-corrected chi connectivity index (χ4v) is 1.61. The first-order chi connectivity index (χ1) is 6.06. The zero-order chi connectivity index (χ0) is 10.0. The molecule has 0 aliphatic carbocycles. The summed E-state index contributed by atoms with van der Waals surface area (Å²) >= 11 is 11.5. The number of halogens is 4. The molecule has 0 aliphatic heterocycles. The molecular formula is C8H4Br2ClFO. The topological polar surface area (TPSA) is 17.1 Å². The van der Waals surface area contributed by atoms with Gasteiger partial charge in [-0.25, -0.2) is 4.39 Å². The molecular weight excluding hydrogens is 326 g/mol. The van der Waals surface area contributed by atoms with Gasteiger partial charge in [-0.15, -0.1) is 11.6 Å². The fraction of sp³-hybridized carbons (Fsp3) is 0.125. The number of Topliss-reactive ketones (excluding diaryl/α,β-unsaturated/α-hetero) is 1. The Morgan fingerprint density at radius 1 is 1.46 bits per heavy atom. The van der Waals surface area contributed by atoms with Crippen molar-refractivity contribution < 1.29 is 9.18 Å². The molecule has 0 bridgehead atoms. The molecule has 5 heteroatoms. The van der Waals surface area contributed by atoms with Gasteiger partial charge in [-0.1, -0.05) is 0 Å². The highest BCUT2D eigenvalue weighted by molar-refractivity contribution is 9.13. The summed E-state index contributed by atoms with van der Waals surface area (Å²) in [6, 6.07) is 2.68. The SMILES string of the molecule is O=C(CCl)c1cc(F)c(Br)c(Br)c1. The van der Waals surface area contributed by atoms with Crippen LogP contribution in [0.1, 0.15) is 10.4 Å². The molecule has 0 N–H and O–H groups in total. The molecule has 0 saturated heterocycles. The van der Waals surface area contributed by atoms with E-state index in [1.54, 1.807) is 0 Å². The molecule has 70 valence electrons. The summed E-state index contributed by atoms with van der Waals surface area (Å²) in [6.07, 6.45) is 0. The normalized spacial score (nSPS) is 10.2. The van der Waals surface area contributed by atoms with Crippen LogP contribution in [0.2, 0.25) is 0 Å². The van der Waals surface area contributed by atoms with Crippen LogP contribution in [0.5, 0.6) is 0 Å². The van der Waals surface area contributed by atoms with Crippen molar-refractivity contribution in [2.75, 3.05) is 5.88 Å². The van der Waals surface area contributed by atoms with Crippen molar-refractivity contribution in [3.8, 4) is 0 Å². The molecule has 13 heavy (non-hydrogen) atoms. The number of hydrogen-bond donors (Lipinski definition) is 0. The number of rotatable bonds is 2. The molecule has 0 radical (unpaired) electrons. The maximum absolute atomic E-state index is 13.1. The molecule has 0 amide bonds. The van der Waals surface area contributed by atoms with Gasteiger partial charge in [0.25, 0.3) is 0 Å². The summed E-state index contributed by atoms with van der Waals surface area (Å²) in [4.78, 5) is 11.1. The van der Waals surface area contributed by atoms with Gasteiger partial charge in [-0.3, -0.25) is 4.79 Å². The molecule has 1 aromatic rings. The Bertz CT molecular complexity index is 331. The third-order valence-corrected chi connectivity index (χ3v) is 3.63. The number of benzene rings is 1. The standard InChI is InChI=1S/C8H4Br2ClFO/c9-5-1-4(7(13)3-11)2-6(12)8(5)10/h1-2H,3H2. The molecule has 0 atom stereocenters. The summed E-state index contributed by atoms with van der Waals surface area (Å²) in [5.41, 5.74) is 0.266. The van der Waals surface area contributed by atoms with E-state index in [9.17, 15) is 9.18 Å². The van der Waals surface area contributed by atoms with Crippen molar-refractivity contribution in [2.45, 2.75) is 0 Å². The van der Waals surface area contributed by atoms with E-state index in [1.165, 1.54) is 6.07 Å². The van der Waals surface area contributed by atoms with Crippen molar-refractivity contribution in [3.63, 3.8) is 0 Å². The van der Waals surface area contributed by atoms with Crippen LogP contribution in [0.15, 0.2) is 21.1 Å². The van der Waals surface area contributed by atoms with Gasteiger partial charge in [0.1, 0.15) is 5.82 Å². The maximum Gasteiger partial charge on any atom is 0.177 e. The van der Waals surface area contributed by atoms with Gasteiger partial charge in [-0.05, 0) is 44.0 Å². The molecule has 0 fully saturated rings. The highest BCUT2D eigenvalue weighted by Gasteiger charge is 2.10. The second-order valence-corrected chi connectivity index (χ2v) is 4.23. The number of ketones is 1. The Morgan fingerprint density at radius 3 is 2.54 bits per heavy atom. The minimum Gasteiger partial charge on any atom is -0.293 e. The van der Waals surface area contributed by atoms with Gasteiger partial charge in [0, 0.05) is 10.0 Å². The van der Waals surface area contributed by atoms with E-state index in [2.05, 4.69) is 31.9 Å². The lowest BCUT2D eigenvalue weighted by Crippen LogP contribution is -2.01. The van der Waals surface area contributed by atoms with E-state index in [-0.39, 0.29) is 17.2 Å². The first-order valence-electron chi connectivity index (χ1n) is 3.30. The zero-order valence-electron chi connectivity index (χ0n) is 6.28. The lowest BCUT2D eigenvalue weighted by atomic mass is 10.1. The molecule has 1 rings (SSSR count). The van der Waals surface area contributed by atoms with E-state index in [1.807, 2.05) is 0 Å². The third-order valence-electron chi connectivity index (χ3n) is 1.43. The molecule has 0 aromatic heterocycles. The molecule has 0 unspecified atom stereocenters. The van der Waals surface area contributed by atoms with Crippen LogP contribution < -0.4 is 0 Å². The van der Waals surface area contributed by atoms with Crippen molar-refractivity contribution in [2.24, 2.45) is 0 Å². The summed E-state index contributed by atoms with van der Waals surface area (Å²) in [5, 5.41) is 0. The Balaban J connectivity index is 3.20. The highest BCUT2D eigenvalue weighted by Crippen LogP contribution is 2.27. The number of carbonyl (C=O) groups excluding carboxylic acids is 1. The highest BCUT2D eigenvalue weighted by atomic mass is 79.9. The van der Waals surface area contributed by atoms with Gasteiger partial charge in [0.05, 0.1) is 10.4 Å².